The summed E-state index contributed by atoms with van der Waals surface area (Å²) in [6.45, 7) is 2.74. The van der Waals surface area contributed by atoms with Gasteiger partial charge in [0.05, 0.1) is 11.7 Å². The highest BCUT2D eigenvalue weighted by molar-refractivity contribution is 5.36. The molecule has 0 unspecified atom stereocenters. The summed E-state index contributed by atoms with van der Waals surface area (Å²) in [6.07, 6.45) is -0.865. The molecule has 1 rings (SSSR count). The van der Waals surface area contributed by atoms with Crippen molar-refractivity contribution in [2.75, 3.05) is 27.2 Å². The highest BCUT2D eigenvalue weighted by atomic mass is 19.1. The molecule has 1 atom stereocenters. The van der Waals surface area contributed by atoms with Crippen molar-refractivity contribution in [2.24, 2.45) is 0 Å². The first-order chi connectivity index (χ1) is 7.52. The standard InChI is InChI=1S/C12H18FNO2/c1-9(15)12-10(13)5-4-6-11(12)16-8-7-14(2)3/h4-6,9,15H,7-8H2,1-3H3/t9-/m1/s1. The average Bonchev–Trinajstić information content (AvgIpc) is 2.16. The molecule has 0 fully saturated rings. The van der Waals surface area contributed by atoms with E-state index in [0.717, 1.165) is 6.54 Å². The van der Waals surface area contributed by atoms with Crippen molar-refractivity contribution in [3.05, 3.63) is 29.6 Å². The molecule has 16 heavy (non-hydrogen) atoms. The van der Waals surface area contributed by atoms with Gasteiger partial charge in [0.25, 0.3) is 0 Å². The van der Waals surface area contributed by atoms with Crippen LogP contribution in [0.4, 0.5) is 4.39 Å². The largest absolute Gasteiger partial charge is 0.492 e. The van der Waals surface area contributed by atoms with E-state index in [1.807, 2.05) is 19.0 Å². The van der Waals surface area contributed by atoms with Gasteiger partial charge in [-0.25, -0.2) is 4.39 Å². The van der Waals surface area contributed by atoms with E-state index < -0.39 is 11.9 Å². The number of benzene rings is 1. The Morgan fingerprint density at radius 3 is 2.69 bits per heavy atom. The molecule has 0 aliphatic carbocycles. The normalized spacial score (nSPS) is 12.9. The molecule has 0 bridgehead atoms. The van der Waals surface area contributed by atoms with Crippen molar-refractivity contribution in [3.63, 3.8) is 0 Å². The van der Waals surface area contributed by atoms with Gasteiger partial charge in [0.2, 0.25) is 0 Å². The molecular weight excluding hydrogens is 209 g/mol. The van der Waals surface area contributed by atoms with Gasteiger partial charge in [-0.3, -0.25) is 0 Å². The van der Waals surface area contributed by atoms with E-state index in [0.29, 0.717) is 12.4 Å². The maximum absolute atomic E-state index is 13.4. The van der Waals surface area contributed by atoms with E-state index in [2.05, 4.69) is 0 Å². The summed E-state index contributed by atoms with van der Waals surface area (Å²) in [5.41, 5.74) is 0.223. The molecule has 0 spiro atoms. The minimum Gasteiger partial charge on any atom is -0.492 e. The third-order valence-electron chi connectivity index (χ3n) is 2.23. The van der Waals surface area contributed by atoms with Gasteiger partial charge in [0.1, 0.15) is 18.2 Å². The maximum Gasteiger partial charge on any atom is 0.132 e. The molecule has 4 heteroatoms. The van der Waals surface area contributed by atoms with Crippen molar-refractivity contribution in [1.82, 2.24) is 4.90 Å². The minimum atomic E-state index is -0.865. The fourth-order valence-corrected chi connectivity index (χ4v) is 1.39. The lowest BCUT2D eigenvalue weighted by atomic mass is 10.1. The van der Waals surface area contributed by atoms with Gasteiger partial charge in [0.15, 0.2) is 0 Å². The molecular formula is C12H18FNO2. The number of hydrogen-bond acceptors (Lipinski definition) is 3. The average molecular weight is 227 g/mol. The van der Waals surface area contributed by atoms with Crippen molar-refractivity contribution >= 4 is 0 Å². The summed E-state index contributed by atoms with van der Waals surface area (Å²) >= 11 is 0. The van der Waals surface area contributed by atoms with Crippen LogP contribution in [-0.4, -0.2) is 37.3 Å². The highest BCUT2D eigenvalue weighted by Gasteiger charge is 2.14. The lowest BCUT2D eigenvalue weighted by Crippen LogP contribution is -2.20. The zero-order valence-electron chi connectivity index (χ0n) is 9.90. The van der Waals surface area contributed by atoms with Gasteiger partial charge in [-0.05, 0) is 33.2 Å². The molecule has 0 aromatic heterocycles. The first-order valence-electron chi connectivity index (χ1n) is 5.26. The summed E-state index contributed by atoms with van der Waals surface area (Å²) in [6, 6.07) is 4.56. The van der Waals surface area contributed by atoms with Crippen LogP contribution >= 0.6 is 0 Å². The molecule has 0 amide bonds. The Labute approximate surface area is 95.5 Å². The van der Waals surface area contributed by atoms with Gasteiger partial charge in [-0.15, -0.1) is 0 Å². The quantitative estimate of drug-likeness (QED) is 0.832. The number of aliphatic hydroxyl groups excluding tert-OH is 1. The molecule has 1 aromatic carbocycles. The second kappa shape index (κ2) is 5.82. The second-order valence-electron chi connectivity index (χ2n) is 3.98. The third kappa shape index (κ3) is 3.47. The van der Waals surface area contributed by atoms with Gasteiger partial charge in [-0.1, -0.05) is 6.07 Å². The number of halogens is 1. The molecule has 0 saturated heterocycles. The lowest BCUT2D eigenvalue weighted by molar-refractivity contribution is 0.183. The Bertz CT molecular complexity index is 340. The molecule has 0 aliphatic heterocycles. The van der Waals surface area contributed by atoms with E-state index in [-0.39, 0.29) is 5.56 Å². The monoisotopic (exact) mass is 227 g/mol. The van der Waals surface area contributed by atoms with Crippen LogP contribution in [0.15, 0.2) is 18.2 Å². The Morgan fingerprint density at radius 2 is 2.12 bits per heavy atom. The number of aliphatic hydroxyl groups is 1. The van der Waals surface area contributed by atoms with Gasteiger partial charge in [-0.2, -0.15) is 0 Å². The maximum atomic E-state index is 13.4. The predicted molar refractivity (Wildman–Crippen MR) is 61.1 cm³/mol. The Morgan fingerprint density at radius 1 is 1.44 bits per heavy atom. The van der Waals surface area contributed by atoms with Crippen LogP contribution in [0, 0.1) is 5.82 Å². The van der Waals surface area contributed by atoms with E-state index in [4.69, 9.17) is 4.74 Å². The van der Waals surface area contributed by atoms with Crippen LogP contribution in [0.3, 0.4) is 0 Å². The Kier molecular flexibility index (Phi) is 4.71. The topological polar surface area (TPSA) is 32.7 Å². The Balaban J connectivity index is 2.75. The van der Waals surface area contributed by atoms with Crippen LogP contribution in [0.25, 0.3) is 0 Å². The number of likely N-dealkylation sites (N-methyl/N-ethyl adjacent to an activating group) is 1. The molecule has 1 aromatic rings. The zero-order chi connectivity index (χ0) is 12.1. The molecule has 3 nitrogen and oxygen atoms in total. The number of nitrogens with zero attached hydrogens (tertiary/aromatic N) is 1. The van der Waals surface area contributed by atoms with Crippen molar-refractivity contribution in [2.45, 2.75) is 13.0 Å². The smallest absolute Gasteiger partial charge is 0.132 e. The summed E-state index contributed by atoms with van der Waals surface area (Å²) < 4.78 is 18.9. The first-order valence-corrected chi connectivity index (χ1v) is 5.26. The number of ether oxygens (including phenoxy) is 1. The van der Waals surface area contributed by atoms with E-state index in [1.54, 1.807) is 12.1 Å². The summed E-state index contributed by atoms with van der Waals surface area (Å²) in [5, 5.41) is 9.46. The minimum absolute atomic E-state index is 0.223. The van der Waals surface area contributed by atoms with E-state index >= 15 is 0 Å². The fourth-order valence-electron chi connectivity index (χ4n) is 1.39. The van der Waals surface area contributed by atoms with Crippen molar-refractivity contribution in [1.29, 1.82) is 0 Å². The highest BCUT2D eigenvalue weighted by Crippen LogP contribution is 2.27. The first kappa shape index (κ1) is 12.9. The summed E-state index contributed by atoms with van der Waals surface area (Å²) in [7, 11) is 3.87. The van der Waals surface area contributed by atoms with Crippen molar-refractivity contribution < 1.29 is 14.2 Å². The SMILES string of the molecule is C[C@@H](O)c1c(F)cccc1OCCN(C)C. The fraction of sp³-hybridized carbons (Fsp3) is 0.500. The van der Waals surface area contributed by atoms with Crippen LogP contribution in [0.2, 0.25) is 0 Å². The molecule has 1 N–H and O–H groups in total. The molecule has 0 saturated carbocycles. The summed E-state index contributed by atoms with van der Waals surface area (Å²) in [5.74, 6) is -0.0193. The number of rotatable bonds is 5. The van der Waals surface area contributed by atoms with Gasteiger partial charge >= 0.3 is 0 Å². The number of hydrogen-bond donors (Lipinski definition) is 1. The molecule has 0 radical (unpaired) electrons. The molecule has 0 heterocycles. The summed E-state index contributed by atoms with van der Waals surface area (Å²) in [4.78, 5) is 1.97. The third-order valence-corrected chi connectivity index (χ3v) is 2.23. The van der Waals surface area contributed by atoms with Crippen LogP contribution in [0.5, 0.6) is 5.75 Å². The van der Waals surface area contributed by atoms with Crippen LogP contribution in [-0.2, 0) is 0 Å². The van der Waals surface area contributed by atoms with Crippen LogP contribution in [0.1, 0.15) is 18.6 Å². The molecule has 0 aliphatic rings. The van der Waals surface area contributed by atoms with Crippen LogP contribution < -0.4 is 4.74 Å². The second-order valence-corrected chi connectivity index (χ2v) is 3.98. The predicted octanol–water partition coefficient (Wildman–Crippen LogP) is 1.82. The van der Waals surface area contributed by atoms with Crippen molar-refractivity contribution in [3.8, 4) is 5.75 Å². The Hall–Kier alpha value is -1.13. The molecule has 90 valence electrons. The lowest BCUT2D eigenvalue weighted by Gasteiger charge is -2.15. The van der Waals surface area contributed by atoms with Gasteiger partial charge < -0.3 is 14.7 Å². The van der Waals surface area contributed by atoms with E-state index in [1.165, 1.54) is 13.0 Å². The zero-order valence-corrected chi connectivity index (χ0v) is 9.90. The van der Waals surface area contributed by atoms with E-state index in [9.17, 15) is 9.50 Å². The van der Waals surface area contributed by atoms with Gasteiger partial charge in [0, 0.05) is 6.54 Å².